The molecule has 1 amide bonds. The number of benzene rings is 2. The van der Waals surface area contributed by atoms with E-state index in [-0.39, 0.29) is 17.2 Å². The van der Waals surface area contributed by atoms with Crippen LogP contribution in [0.4, 0.5) is 0 Å². The highest BCUT2D eigenvalue weighted by molar-refractivity contribution is 6.30. The van der Waals surface area contributed by atoms with E-state index in [1.54, 1.807) is 24.3 Å². The maximum absolute atomic E-state index is 11.8. The molecule has 0 saturated carbocycles. The SMILES string of the molecule is N#Cc1cc(CCC(=O)NCc2ccc(Cl)cc2)ccc1O. The van der Waals surface area contributed by atoms with Gasteiger partial charge in [0.05, 0.1) is 5.56 Å². The second-order valence-corrected chi connectivity index (χ2v) is 5.30. The van der Waals surface area contributed by atoms with Gasteiger partial charge in [0.25, 0.3) is 0 Å². The van der Waals surface area contributed by atoms with Gasteiger partial charge in [0.1, 0.15) is 11.8 Å². The van der Waals surface area contributed by atoms with Crippen molar-refractivity contribution in [2.45, 2.75) is 19.4 Å². The molecule has 0 fully saturated rings. The summed E-state index contributed by atoms with van der Waals surface area (Å²) in [7, 11) is 0. The lowest BCUT2D eigenvalue weighted by Crippen LogP contribution is -2.22. The van der Waals surface area contributed by atoms with Gasteiger partial charge < -0.3 is 10.4 Å². The van der Waals surface area contributed by atoms with Crippen molar-refractivity contribution in [1.29, 1.82) is 5.26 Å². The first-order chi connectivity index (χ1) is 10.6. The number of nitrogens with one attached hydrogen (secondary N) is 1. The van der Waals surface area contributed by atoms with Gasteiger partial charge in [-0.3, -0.25) is 4.79 Å². The number of hydrogen-bond acceptors (Lipinski definition) is 3. The van der Waals surface area contributed by atoms with Crippen molar-refractivity contribution >= 4 is 17.5 Å². The minimum atomic E-state index is -0.0680. The largest absolute Gasteiger partial charge is 0.507 e. The lowest BCUT2D eigenvalue weighted by Gasteiger charge is -2.06. The zero-order valence-electron chi connectivity index (χ0n) is 11.8. The van der Waals surface area contributed by atoms with E-state index in [1.165, 1.54) is 6.07 Å². The molecule has 2 aromatic carbocycles. The van der Waals surface area contributed by atoms with Crippen LogP contribution in [0.3, 0.4) is 0 Å². The quantitative estimate of drug-likeness (QED) is 0.890. The Kier molecular flexibility index (Phi) is 5.40. The molecule has 0 bridgehead atoms. The Morgan fingerprint density at radius 1 is 1.18 bits per heavy atom. The lowest BCUT2D eigenvalue weighted by atomic mass is 10.1. The molecular weight excluding hydrogens is 300 g/mol. The number of carbonyl (C=O) groups is 1. The zero-order valence-corrected chi connectivity index (χ0v) is 12.6. The fraction of sp³-hybridized carbons (Fsp3) is 0.176. The predicted octanol–water partition coefficient (Wildman–Crippen LogP) is 3.17. The summed E-state index contributed by atoms with van der Waals surface area (Å²) in [6, 6.07) is 14.0. The van der Waals surface area contributed by atoms with Gasteiger partial charge in [-0.05, 0) is 41.8 Å². The third kappa shape index (κ3) is 4.51. The number of phenols is 1. The molecule has 0 aliphatic rings. The minimum Gasteiger partial charge on any atom is -0.507 e. The number of nitriles is 1. The van der Waals surface area contributed by atoms with E-state index in [0.717, 1.165) is 11.1 Å². The highest BCUT2D eigenvalue weighted by Gasteiger charge is 2.05. The molecule has 0 heterocycles. The molecule has 0 atom stereocenters. The summed E-state index contributed by atoms with van der Waals surface area (Å²) in [5.41, 5.74) is 2.05. The van der Waals surface area contributed by atoms with Crippen molar-refractivity contribution in [2.24, 2.45) is 0 Å². The van der Waals surface area contributed by atoms with Crippen LogP contribution in [-0.2, 0) is 17.8 Å². The Balaban J connectivity index is 1.83. The maximum atomic E-state index is 11.8. The van der Waals surface area contributed by atoms with Crippen LogP contribution in [0.2, 0.25) is 5.02 Å². The van der Waals surface area contributed by atoms with Gasteiger partial charge >= 0.3 is 0 Å². The molecule has 2 N–H and O–H groups in total. The molecule has 0 radical (unpaired) electrons. The van der Waals surface area contributed by atoms with E-state index in [0.29, 0.717) is 24.4 Å². The number of halogens is 1. The highest BCUT2D eigenvalue weighted by atomic mass is 35.5. The molecule has 0 unspecified atom stereocenters. The molecule has 0 aliphatic heterocycles. The van der Waals surface area contributed by atoms with Gasteiger partial charge in [0.2, 0.25) is 5.91 Å². The third-order valence-electron chi connectivity index (χ3n) is 3.23. The van der Waals surface area contributed by atoms with E-state index in [9.17, 15) is 9.90 Å². The number of aromatic hydroxyl groups is 1. The summed E-state index contributed by atoms with van der Waals surface area (Å²) in [5.74, 6) is -0.111. The van der Waals surface area contributed by atoms with E-state index in [1.807, 2.05) is 18.2 Å². The fourth-order valence-corrected chi connectivity index (χ4v) is 2.10. The van der Waals surface area contributed by atoms with Crippen LogP contribution in [0.5, 0.6) is 5.75 Å². The standard InChI is InChI=1S/C17H15ClN2O2/c18-15-5-1-13(2-6-15)11-20-17(22)8-4-12-3-7-16(21)14(9-12)10-19/h1-3,5-7,9,21H,4,8,11H2,(H,20,22). The van der Waals surface area contributed by atoms with Crippen LogP contribution in [0.15, 0.2) is 42.5 Å². The number of carbonyl (C=O) groups excluding carboxylic acids is 1. The second kappa shape index (κ2) is 7.48. The highest BCUT2D eigenvalue weighted by Crippen LogP contribution is 2.18. The molecular formula is C17H15ClN2O2. The molecule has 22 heavy (non-hydrogen) atoms. The average molecular weight is 315 g/mol. The molecule has 4 nitrogen and oxygen atoms in total. The summed E-state index contributed by atoms with van der Waals surface area (Å²) in [6.07, 6.45) is 0.838. The lowest BCUT2D eigenvalue weighted by molar-refractivity contribution is -0.121. The Morgan fingerprint density at radius 2 is 1.86 bits per heavy atom. The monoisotopic (exact) mass is 314 g/mol. The van der Waals surface area contributed by atoms with Crippen LogP contribution >= 0.6 is 11.6 Å². The Morgan fingerprint density at radius 3 is 2.55 bits per heavy atom. The summed E-state index contributed by atoms with van der Waals surface area (Å²) in [6.45, 7) is 0.453. The van der Waals surface area contributed by atoms with Crippen LogP contribution < -0.4 is 5.32 Å². The number of aryl methyl sites for hydroxylation is 1. The molecule has 0 spiro atoms. The number of hydrogen-bond donors (Lipinski definition) is 2. The first-order valence-corrected chi connectivity index (χ1v) is 7.19. The Hall–Kier alpha value is -2.51. The van der Waals surface area contributed by atoms with Crippen LogP contribution in [0.25, 0.3) is 0 Å². The molecule has 5 heteroatoms. The molecule has 0 saturated heterocycles. The average Bonchev–Trinajstić information content (AvgIpc) is 2.53. The molecule has 0 aliphatic carbocycles. The van der Waals surface area contributed by atoms with Crippen LogP contribution in [0, 0.1) is 11.3 Å². The van der Waals surface area contributed by atoms with Crippen molar-refractivity contribution in [3.05, 3.63) is 64.2 Å². The third-order valence-corrected chi connectivity index (χ3v) is 3.48. The summed E-state index contributed by atoms with van der Waals surface area (Å²) in [4.78, 5) is 11.8. The maximum Gasteiger partial charge on any atom is 0.220 e. The van der Waals surface area contributed by atoms with Gasteiger partial charge in [-0.2, -0.15) is 5.26 Å². The predicted molar refractivity (Wildman–Crippen MR) is 84.4 cm³/mol. The Bertz CT molecular complexity index is 706. The van der Waals surface area contributed by atoms with Gasteiger partial charge in [-0.25, -0.2) is 0 Å². The smallest absolute Gasteiger partial charge is 0.220 e. The summed E-state index contributed by atoms with van der Waals surface area (Å²) in [5, 5.41) is 21.8. The summed E-state index contributed by atoms with van der Waals surface area (Å²) >= 11 is 5.80. The molecule has 2 rings (SSSR count). The van der Waals surface area contributed by atoms with Crippen LogP contribution in [0.1, 0.15) is 23.1 Å². The zero-order chi connectivity index (χ0) is 15.9. The number of phenolic OH excluding ortho intramolecular Hbond substituents is 1. The van der Waals surface area contributed by atoms with E-state index < -0.39 is 0 Å². The number of rotatable bonds is 5. The van der Waals surface area contributed by atoms with E-state index in [2.05, 4.69) is 5.32 Å². The van der Waals surface area contributed by atoms with Crippen molar-refractivity contribution in [2.75, 3.05) is 0 Å². The molecule has 0 aromatic heterocycles. The van der Waals surface area contributed by atoms with Gasteiger partial charge in [0, 0.05) is 18.0 Å². The molecule has 112 valence electrons. The first-order valence-electron chi connectivity index (χ1n) is 6.81. The topological polar surface area (TPSA) is 73.1 Å². The van der Waals surface area contributed by atoms with Gasteiger partial charge in [-0.1, -0.05) is 29.8 Å². The van der Waals surface area contributed by atoms with Crippen molar-refractivity contribution in [3.8, 4) is 11.8 Å². The van der Waals surface area contributed by atoms with E-state index in [4.69, 9.17) is 16.9 Å². The summed E-state index contributed by atoms with van der Waals surface area (Å²) < 4.78 is 0. The number of nitrogens with zero attached hydrogens (tertiary/aromatic N) is 1. The normalized spacial score (nSPS) is 10.0. The van der Waals surface area contributed by atoms with Crippen molar-refractivity contribution in [1.82, 2.24) is 5.32 Å². The van der Waals surface area contributed by atoms with Crippen molar-refractivity contribution < 1.29 is 9.90 Å². The van der Waals surface area contributed by atoms with Gasteiger partial charge in [0.15, 0.2) is 0 Å². The fourth-order valence-electron chi connectivity index (χ4n) is 1.98. The van der Waals surface area contributed by atoms with E-state index >= 15 is 0 Å². The second-order valence-electron chi connectivity index (χ2n) is 4.87. The number of amides is 1. The first kappa shape index (κ1) is 15.9. The Labute approximate surface area is 134 Å². The minimum absolute atomic E-state index is 0.0431. The molecule has 2 aromatic rings. The van der Waals surface area contributed by atoms with Crippen LogP contribution in [-0.4, -0.2) is 11.0 Å². The van der Waals surface area contributed by atoms with Crippen molar-refractivity contribution in [3.63, 3.8) is 0 Å². The van der Waals surface area contributed by atoms with Gasteiger partial charge in [-0.15, -0.1) is 0 Å².